The molecule has 2 unspecified atom stereocenters. The Balaban J connectivity index is 2.36. The highest BCUT2D eigenvalue weighted by molar-refractivity contribution is 5.98. The van der Waals surface area contributed by atoms with Crippen LogP contribution in [0.5, 0.6) is 0 Å². The minimum Gasteiger partial charge on any atom is -0.481 e. The Labute approximate surface area is 191 Å². The molecular formula is C23H39N5O4. The molecule has 0 aromatic carbocycles. The number of carboxylic acid groups (broad SMARTS) is 1. The Morgan fingerprint density at radius 1 is 1.34 bits per heavy atom. The summed E-state index contributed by atoms with van der Waals surface area (Å²) >= 11 is 0. The van der Waals surface area contributed by atoms with Gasteiger partial charge in [-0.1, -0.05) is 34.6 Å². The standard InChI is InChI=1S/C23H39N5O4/c1-15(2)14-28(17-10-16(21(30)31)11-24-12-17)20(29)18-13-26-22(23(3,4)5)27-19(18)25-8-7-9-32-6/h13,15-17,24H,7-12,14H2,1-6H3,(H,30,31)(H,25,26,27). The quantitative estimate of drug-likeness (QED) is 0.466. The molecule has 0 bridgehead atoms. The summed E-state index contributed by atoms with van der Waals surface area (Å²) in [6, 6.07) is -0.205. The molecule has 0 radical (unpaired) electrons. The number of ether oxygens (including phenoxy) is 1. The van der Waals surface area contributed by atoms with E-state index in [4.69, 9.17) is 9.72 Å². The van der Waals surface area contributed by atoms with E-state index >= 15 is 0 Å². The van der Waals surface area contributed by atoms with Crippen molar-refractivity contribution in [3.63, 3.8) is 0 Å². The zero-order valence-corrected chi connectivity index (χ0v) is 20.3. The van der Waals surface area contributed by atoms with Gasteiger partial charge in [0, 0.05) is 57.5 Å². The number of nitrogens with one attached hydrogen (secondary N) is 2. The molecular weight excluding hydrogens is 410 g/mol. The van der Waals surface area contributed by atoms with Crippen LogP contribution < -0.4 is 10.6 Å². The lowest BCUT2D eigenvalue weighted by molar-refractivity contribution is -0.142. The smallest absolute Gasteiger partial charge is 0.307 e. The molecule has 1 aliphatic heterocycles. The number of aromatic nitrogens is 2. The van der Waals surface area contributed by atoms with Gasteiger partial charge < -0.3 is 25.4 Å². The highest BCUT2D eigenvalue weighted by Gasteiger charge is 2.34. The van der Waals surface area contributed by atoms with Gasteiger partial charge in [0.15, 0.2) is 0 Å². The second-order valence-electron chi connectivity index (χ2n) is 9.91. The van der Waals surface area contributed by atoms with Gasteiger partial charge in [-0.25, -0.2) is 9.97 Å². The molecule has 0 aliphatic carbocycles. The molecule has 1 aromatic heterocycles. The maximum atomic E-state index is 13.7. The van der Waals surface area contributed by atoms with Gasteiger partial charge in [-0.15, -0.1) is 0 Å². The Kier molecular flexibility index (Phi) is 9.39. The van der Waals surface area contributed by atoms with Crippen molar-refractivity contribution in [3.05, 3.63) is 17.6 Å². The summed E-state index contributed by atoms with van der Waals surface area (Å²) in [4.78, 5) is 36.3. The normalized spacial score (nSPS) is 19.1. The molecule has 1 aromatic rings. The van der Waals surface area contributed by atoms with Gasteiger partial charge in [0.25, 0.3) is 5.91 Å². The summed E-state index contributed by atoms with van der Waals surface area (Å²) in [6.45, 7) is 12.9. The second kappa shape index (κ2) is 11.6. The van der Waals surface area contributed by atoms with Crippen LogP contribution in [0.4, 0.5) is 5.82 Å². The molecule has 2 rings (SSSR count). The number of carboxylic acids is 1. The van der Waals surface area contributed by atoms with Gasteiger partial charge in [0.1, 0.15) is 17.2 Å². The van der Waals surface area contributed by atoms with Crippen LogP contribution in [0.3, 0.4) is 0 Å². The van der Waals surface area contributed by atoms with Crippen LogP contribution in [-0.2, 0) is 14.9 Å². The second-order valence-corrected chi connectivity index (χ2v) is 9.91. The fourth-order valence-corrected chi connectivity index (χ4v) is 3.75. The molecule has 2 heterocycles. The van der Waals surface area contributed by atoms with Crippen molar-refractivity contribution in [2.75, 3.05) is 45.2 Å². The molecule has 1 fully saturated rings. The van der Waals surface area contributed by atoms with Gasteiger partial charge >= 0.3 is 5.97 Å². The van der Waals surface area contributed by atoms with Crippen LogP contribution in [0.2, 0.25) is 0 Å². The summed E-state index contributed by atoms with van der Waals surface area (Å²) < 4.78 is 5.12. The third-order valence-electron chi connectivity index (χ3n) is 5.45. The van der Waals surface area contributed by atoms with Crippen molar-refractivity contribution in [1.82, 2.24) is 20.2 Å². The molecule has 0 spiro atoms. The van der Waals surface area contributed by atoms with Crippen molar-refractivity contribution in [1.29, 1.82) is 0 Å². The number of hydrogen-bond acceptors (Lipinski definition) is 7. The lowest BCUT2D eigenvalue weighted by Gasteiger charge is -2.38. The maximum absolute atomic E-state index is 13.7. The number of methoxy groups -OCH3 is 1. The summed E-state index contributed by atoms with van der Waals surface area (Å²) in [6.07, 6.45) is 2.81. The number of piperidine rings is 1. The van der Waals surface area contributed by atoms with Crippen LogP contribution >= 0.6 is 0 Å². The highest BCUT2D eigenvalue weighted by Crippen LogP contribution is 2.25. The number of aliphatic carboxylic acids is 1. The first kappa shape index (κ1) is 26.0. The van der Waals surface area contributed by atoms with Crippen molar-refractivity contribution in [3.8, 4) is 0 Å². The van der Waals surface area contributed by atoms with Crippen LogP contribution in [-0.4, -0.2) is 77.8 Å². The molecule has 3 N–H and O–H groups in total. The zero-order valence-electron chi connectivity index (χ0n) is 20.3. The summed E-state index contributed by atoms with van der Waals surface area (Å²) in [5, 5.41) is 16.0. The Hall–Kier alpha value is -2.26. The van der Waals surface area contributed by atoms with Crippen LogP contribution in [0.1, 0.15) is 63.6 Å². The van der Waals surface area contributed by atoms with Crippen molar-refractivity contribution in [2.24, 2.45) is 11.8 Å². The SMILES string of the molecule is COCCCNc1nc(C(C)(C)C)ncc1C(=O)N(CC(C)C)C1CNCC(C(=O)O)C1. The fraction of sp³-hybridized carbons (Fsp3) is 0.739. The number of carbonyl (C=O) groups is 2. The predicted molar refractivity (Wildman–Crippen MR) is 124 cm³/mol. The number of hydrogen-bond donors (Lipinski definition) is 3. The van der Waals surface area contributed by atoms with Gasteiger partial charge in [-0.3, -0.25) is 9.59 Å². The molecule has 9 heteroatoms. The van der Waals surface area contributed by atoms with E-state index in [9.17, 15) is 14.7 Å². The Bertz CT molecular complexity index is 778. The first-order valence-corrected chi connectivity index (χ1v) is 11.4. The first-order valence-electron chi connectivity index (χ1n) is 11.4. The maximum Gasteiger partial charge on any atom is 0.307 e. The van der Waals surface area contributed by atoms with Crippen LogP contribution in [0.25, 0.3) is 0 Å². The fourth-order valence-electron chi connectivity index (χ4n) is 3.75. The van der Waals surface area contributed by atoms with E-state index in [1.807, 2.05) is 34.6 Å². The minimum absolute atomic E-state index is 0.175. The number of nitrogens with zero attached hydrogens (tertiary/aromatic N) is 3. The van der Waals surface area contributed by atoms with E-state index in [1.54, 1.807) is 18.2 Å². The van der Waals surface area contributed by atoms with Gasteiger partial charge in [-0.05, 0) is 18.8 Å². The molecule has 0 saturated carbocycles. The average molecular weight is 450 g/mol. The summed E-state index contributed by atoms with van der Waals surface area (Å²) in [5.74, 6) is -0.120. The lowest BCUT2D eigenvalue weighted by Crippen LogP contribution is -2.53. The van der Waals surface area contributed by atoms with E-state index in [2.05, 4.69) is 15.6 Å². The third-order valence-corrected chi connectivity index (χ3v) is 5.45. The van der Waals surface area contributed by atoms with Crippen molar-refractivity contribution in [2.45, 2.75) is 58.9 Å². The average Bonchev–Trinajstić information content (AvgIpc) is 2.73. The molecule has 1 amide bonds. The molecule has 32 heavy (non-hydrogen) atoms. The van der Waals surface area contributed by atoms with E-state index in [0.717, 1.165) is 6.42 Å². The van der Waals surface area contributed by atoms with Gasteiger partial charge in [0.05, 0.1) is 5.92 Å². The van der Waals surface area contributed by atoms with Crippen molar-refractivity contribution >= 4 is 17.7 Å². The number of anilines is 1. The topological polar surface area (TPSA) is 117 Å². The number of carbonyl (C=O) groups excluding carboxylic acids is 1. The largest absolute Gasteiger partial charge is 0.481 e. The summed E-state index contributed by atoms with van der Waals surface area (Å²) in [7, 11) is 1.66. The highest BCUT2D eigenvalue weighted by atomic mass is 16.5. The van der Waals surface area contributed by atoms with Gasteiger partial charge in [0.2, 0.25) is 0 Å². The Morgan fingerprint density at radius 3 is 2.66 bits per heavy atom. The molecule has 1 aliphatic rings. The van der Waals surface area contributed by atoms with E-state index in [-0.39, 0.29) is 23.3 Å². The van der Waals surface area contributed by atoms with Crippen LogP contribution in [0.15, 0.2) is 6.20 Å². The number of rotatable bonds is 10. The molecule has 9 nitrogen and oxygen atoms in total. The molecule has 180 valence electrons. The predicted octanol–water partition coefficient (Wildman–Crippen LogP) is 2.38. The van der Waals surface area contributed by atoms with Crippen LogP contribution in [0, 0.1) is 11.8 Å². The lowest BCUT2D eigenvalue weighted by atomic mass is 9.93. The van der Waals surface area contributed by atoms with E-state index in [0.29, 0.717) is 56.4 Å². The zero-order chi connectivity index (χ0) is 23.9. The van der Waals surface area contributed by atoms with Crippen molar-refractivity contribution < 1.29 is 19.4 Å². The monoisotopic (exact) mass is 449 g/mol. The Morgan fingerprint density at radius 2 is 2.06 bits per heavy atom. The molecule has 2 atom stereocenters. The minimum atomic E-state index is -0.836. The first-order chi connectivity index (χ1) is 15.0. The van der Waals surface area contributed by atoms with E-state index < -0.39 is 11.9 Å². The number of amides is 1. The molecule has 1 saturated heterocycles. The third kappa shape index (κ3) is 7.13. The van der Waals surface area contributed by atoms with E-state index in [1.165, 1.54) is 0 Å². The summed E-state index contributed by atoms with van der Waals surface area (Å²) in [5.41, 5.74) is 0.151. The van der Waals surface area contributed by atoms with Gasteiger partial charge in [-0.2, -0.15) is 0 Å².